The van der Waals surface area contributed by atoms with E-state index in [2.05, 4.69) is 25.2 Å². The maximum absolute atomic E-state index is 8.76. The number of rotatable bonds is 9. The van der Waals surface area contributed by atoms with Crippen molar-refractivity contribution in [1.29, 1.82) is 0 Å². The van der Waals surface area contributed by atoms with Crippen molar-refractivity contribution in [1.82, 2.24) is 0 Å². The number of hydrogen-bond acceptors (Lipinski definition) is 3. The molecule has 0 saturated carbocycles. The predicted octanol–water partition coefficient (Wildman–Crippen LogP) is 3.46. The van der Waals surface area contributed by atoms with Crippen LogP contribution < -0.4 is 0 Å². The van der Waals surface area contributed by atoms with Crippen LogP contribution in [0.5, 0.6) is 0 Å². The molecule has 0 spiro atoms. The van der Waals surface area contributed by atoms with Crippen LogP contribution in [-0.2, 0) is 4.74 Å². The first-order valence-corrected chi connectivity index (χ1v) is 6.71. The van der Waals surface area contributed by atoms with Crippen molar-refractivity contribution < 1.29 is 14.9 Å². The molecule has 0 saturated heterocycles. The molecule has 0 aliphatic rings. The summed E-state index contributed by atoms with van der Waals surface area (Å²) in [5.74, 6) is 0.560. The largest absolute Gasteiger partial charge is 0.473 e. The minimum Gasteiger partial charge on any atom is -0.473 e. The van der Waals surface area contributed by atoms with Gasteiger partial charge in [-0.25, -0.2) is 0 Å². The Kier molecular flexibility index (Phi) is 17.1. The predicted molar refractivity (Wildman–Crippen MR) is 72.6 cm³/mol. The minimum atomic E-state index is -0.655. The van der Waals surface area contributed by atoms with E-state index >= 15 is 0 Å². The standard InChI is InChI=1S/C8H18O.C6H12O2/c1-3-5-6-8(4-2)7-9;1-3-5-6(7)8-4-2/h8-9H,3-7H2,1-2H3;4,6-7H,2-3,5H2,1H3. The highest BCUT2D eigenvalue weighted by Crippen LogP contribution is 2.10. The SMILES string of the molecule is C=COC(O)CCC.CCCCC(CC)CO. The molecule has 0 bridgehead atoms. The zero-order chi connectivity index (χ0) is 13.5. The van der Waals surface area contributed by atoms with Gasteiger partial charge in [0, 0.05) is 13.0 Å². The molecule has 3 heteroatoms. The smallest absolute Gasteiger partial charge is 0.196 e. The van der Waals surface area contributed by atoms with Gasteiger partial charge >= 0.3 is 0 Å². The fourth-order valence-electron chi connectivity index (χ4n) is 1.34. The number of aliphatic hydroxyl groups is 2. The first-order valence-electron chi connectivity index (χ1n) is 6.71. The first-order chi connectivity index (χ1) is 8.15. The number of ether oxygens (including phenoxy) is 1. The molecule has 0 fully saturated rings. The molecular weight excluding hydrogens is 216 g/mol. The molecule has 2 atom stereocenters. The second-order valence-corrected chi connectivity index (χ2v) is 4.15. The van der Waals surface area contributed by atoms with Crippen molar-refractivity contribution in [3.63, 3.8) is 0 Å². The summed E-state index contributed by atoms with van der Waals surface area (Å²) in [6.45, 7) is 9.97. The molecule has 104 valence electrons. The molecule has 2 N–H and O–H groups in total. The van der Waals surface area contributed by atoms with E-state index in [1.54, 1.807) is 0 Å². The van der Waals surface area contributed by atoms with Crippen LogP contribution in [0.4, 0.5) is 0 Å². The van der Waals surface area contributed by atoms with Gasteiger partial charge < -0.3 is 14.9 Å². The quantitative estimate of drug-likeness (QED) is 0.484. The van der Waals surface area contributed by atoms with E-state index in [4.69, 9.17) is 10.2 Å². The Bertz CT molecular complexity index is 144. The minimum absolute atomic E-state index is 0.372. The number of hydrogen-bond donors (Lipinski definition) is 2. The van der Waals surface area contributed by atoms with Crippen LogP contribution in [-0.4, -0.2) is 23.1 Å². The summed E-state index contributed by atoms with van der Waals surface area (Å²) in [5, 5.41) is 17.5. The average Bonchev–Trinajstić information content (AvgIpc) is 2.32. The average molecular weight is 246 g/mol. The fraction of sp³-hybridized carbons (Fsp3) is 0.857. The highest BCUT2D eigenvalue weighted by molar-refractivity contribution is 4.53. The summed E-state index contributed by atoms with van der Waals surface area (Å²) in [5.41, 5.74) is 0. The number of aliphatic hydroxyl groups excluding tert-OH is 2. The van der Waals surface area contributed by atoms with E-state index in [-0.39, 0.29) is 0 Å². The van der Waals surface area contributed by atoms with Gasteiger partial charge in [-0.1, -0.05) is 53.0 Å². The lowest BCUT2D eigenvalue weighted by Gasteiger charge is -2.08. The van der Waals surface area contributed by atoms with Gasteiger partial charge in [0.15, 0.2) is 6.29 Å². The van der Waals surface area contributed by atoms with E-state index < -0.39 is 6.29 Å². The third-order valence-corrected chi connectivity index (χ3v) is 2.59. The van der Waals surface area contributed by atoms with E-state index in [1.165, 1.54) is 25.5 Å². The van der Waals surface area contributed by atoms with E-state index in [9.17, 15) is 0 Å². The normalized spacial score (nSPS) is 13.2. The third-order valence-electron chi connectivity index (χ3n) is 2.59. The van der Waals surface area contributed by atoms with E-state index in [0.717, 1.165) is 12.8 Å². The molecule has 17 heavy (non-hydrogen) atoms. The summed E-state index contributed by atoms with van der Waals surface area (Å²) in [4.78, 5) is 0. The monoisotopic (exact) mass is 246 g/mol. The maximum Gasteiger partial charge on any atom is 0.196 e. The highest BCUT2D eigenvalue weighted by Gasteiger charge is 2.01. The van der Waals surface area contributed by atoms with Gasteiger partial charge in [0.1, 0.15) is 0 Å². The molecule has 0 aliphatic heterocycles. The second-order valence-electron chi connectivity index (χ2n) is 4.15. The van der Waals surface area contributed by atoms with Crippen LogP contribution in [0.2, 0.25) is 0 Å². The van der Waals surface area contributed by atoms with E-state index in [1.807, 2.05) is 6.92 Å². The molecule has 0 aromatic heterocycles. The first kappa shape index (κ1) is 18.8. The Morgan fingerprint density at radius 2 is 1.82 bits per heavy atom. The van der Waals surface area contributed by atoms with Crippen molar-refractivity contribution in [3.8, 4) is 0 Å². The Labute approximate surface area is 107 Å². The lowest BCUT2D eigenvalue weighted by Crippen LogP contribution is -2.06. The molecule has 0 amide bonds. The summed E-state index contributed by atoms with van der Waals surface area (Å²) in [7, 11) is 0. The van der Waals surface area contributed by atoms with Crippen LogP contribution in [0.3, 0.4) is 0 Å². The summed E-state index contributed by atoms with van der Waals surface area (Å²) in [6, 6.07) is 0. The lowest BCUT2D eigenvalue weighted by molar-refractivity contribution is -0.0558. The van der Waals surface area contributed by atoms with Gasteiger partial charge in [-0.05, 0) is 12.3 Å². The molecule has 0 aliphatic carbocycles. The van der Waals surface area contributed by atoms with Gasteiger partial charge in [-0.2, -0.15) is 0 Å². The Morgan fingerprint density at radius 3 is 2.18 bits per heavy atom. The lowest BCUT2D eigenvalue weighted by atomic mass is 10.0. The molecule has 0 rings (SSSR count). The second kappa shape index (κ2) is 15.5. The van der Waals surface area contributed by atoms with Gasteiger partial charge in [-0.3, -0.25) is 0 Å². The molecular formula is C14H30O3. The Morgan fingerprint density at radius 1 is 1.18 bits per heavy atom. The number of unbranched alkanes of at least 4 members (excludes halogenated alkanes) is 1. The van der Waals surface area contributed by atoms with Crippen molar-refractivity contribution >= 4 is 0 Å². The van der Waals surface area contributed by atoms with Gasteiger partial charge in [0.05, 0.1) is 6.26 Å². The van der Waals surface area contributed by atoms with E-state index in [0.29, 0.717) is 18.9 Å². The molecule has 3 nitrogen and oxygen atoms in total. The van der Waals surface area contributed by atoms with Crippen LogP contribution >= 0.6 is 0 Å². The van der Waals surface area contributed by atoms with Gasteiger partial charge in [0.2, 0.25) is 0 Å². The third kappa shape index (κ3) is 15.5. The zero-order valence-corrected chi connectivity index (χ0v) is 11.7. The van der Waals surface area contributed by atoms with Crippen molar-refractivity contribution in [2.24, 2.45) is 5.92 Å². The summed E-state index contributed by atoms with van der Waals surface area (Å²) >= 11 is 0. The van der Waals surface area contributed by atoms with Crippen molar-refractivity contribution in [2.75, 3.05) is 6.61 Å². The molecule has 0 radical (unpaired) electrons. The van der Waals surface area contributed by atoms with Crippen LogP contribution in [0.15, 0.2) is 12.8 Å². The van der Waals surface area contributed by atoms with Crippen LogP contribution in [0.25, 0.3) is 0 Å². The zero-order valence-electron chi connectivity index (χ0n) is 11.7. The summed E-state index contributed by atoms with van der Waals surface area (Å²) in [6.07, 6.45) is 7.02. The van der Waals surface area contributed by atoms with Crippen LogP contribution in [0, 0.1) is 5.92 Å². The molecule has 0 aromatic rings. The maximum atomic E-state index is 8.76. The summed E-state index contributed by atoms with van der Waals surface area (Å²) < 4.78 is 4.60. The fourth-order valence-corrected chi connectivity index (χ4v) is 1.34. The Balaban J connectivity index is 0. The molecule has 0 heterocycles. The van der Waals surface area contributed by atoms with Gasteiger partial charge in [0.25, 0.3) is 0 Å². The van der Waals surface area contributed by atoms with Crippen molar-refractivity contribution in [3.05, 3.63) is 12.8 Å². The van der Waals surface area contributed by atoms with Crippen molar-refractivity contribution in [2.45, 2.75) is 65.6 Å². The Hall–Kier alpha value is -0.540. The van der Waals surface area contributed by atoms with Gasteiger partial charge in [-0.15, -0.1) is 0 Å². The molecule has 2 unspecified atom stereocenters. The topological polar surface area (TPSA) is 49.7 Å². The van der Waals surface area contributed by atoms with Crippen LogP contribution in [0.1, 0.15) is 59.3 Å². The highest BCUT2D eigenvalue weighted by atomic mass is 16.6. The molecule has 0 aromatic carbocycles.